The molecule has 0 atom stereocenters. The molecule has 1 aromatic carbocycles. The highest BCUT2D eigenvalue weighted by Crippen LogP contribution is 2.30. The van der Waals surface area contributed by atoms with Crippen LogP contribution in [0.3, 0.4) is 0 Å². The first-order valence-electron chi connectivity index (χ1n) is 7.38. The summed E-state index contributed by atoms with van der Waals surface area (Å²) in [5, 5.41) is 12.6. The van der Waals surface area contributed by atoms with Crippen molar-refractivity contribution in [1.82, 2.24) is 5.32 Å². The summed E-state index contributed by atoms with van der Waals surface area (Å²) >= 11 is 6.11. The van der Waals surface area contributed by atoms with E-state index in [2.05, 4.69) is 5.32 Å². The van der Waals surface area contributed by atoms with Crippen molar-refractivity contribution in [2.75, 3.05) is 26.9 Å². The largest absolute Gasteiger partial charge is 0.496 e. The average molecular weight is 342 g/mol. The van der Waals surface area contributed by atoms with Gasteiger partial charge in [-0.25, -0.2) is 0 Å². The van der Waals surface area contributed by atoms with Crippen LogP contribution in [0.15, 0.2) is 18.2 Å². The normalized spacial score (nSPS) is 16.6. The van der Waals surface area contributed by atoms with Gasteiger partial charge in [0.15, 0.2) is 0 Å². The van der Waals surface area contributed by atoms with Crippen LogP contribution in [-0.4, -0.2) is 43.9 Å². The van der Waals surface area contributed by atoms with Crippen LogP contribution in [0.25, 0.3) is 0 Å². The van der Waals surface area contributed by atoms with E-state index in [1.807, 2.05) is 0 Å². The highest BCUT2D eigenvalue weighted by atomic mass is 35.5. The Morgan fingerprint density at radius 3 is 2.70 bits per heavy atom. The van der Waals surface area contributed by atoms with Gasteiger partial charge in [-0.15, -0.1) is 0 Å². The number of carboxylic acids is 1. The third kappa shape index (κ3) is 4.14. The molecule has 0 unspecified atom stereocenters. The second-order valence-corrected chi connectivity index (χ2v) is 5.98. The summed E-state index contributed by atoms with van der Waals surface area (Å²) in [7, 11) is 1.51. The van der Waals surface area contributed by atoms with Gasteiger partial charge >= 0.3 is 5.97 Å². The molecule has 126 valence electrons. The Morgan fingerprint density at radius 2 is 2.09 bits per heavy atom. The number of halogens is 1. The monoisotopic (exact) mass is 341 g/mol. The lowest BCUT2D eigenvalue weighted by Gasteiger charge is -2.33. The minimum atomic E-state index is -0.960. The highest BCUT2D eigenvalue weighted by Gasteiger charge is 2.40. The molecule has 2 rings (SSSR count). The average Bonchev–Trinajstić information content (AvgIpc) is 2.55. The Hall–Kier alpha value is -1.79. The number of ether oxygens (including phenoxy) is 2. The van der Waals surface area contributed by atoms with E-state index in [0.717, 1.165) is 0 Å². The summed E-state index contributed by atoms with van der Waals surface area (Å²) in [5.41, 5.74) is -0.371. The highest BCUT2D eigenvalue weighted by molar-refractivity contribution is 6.31. The smallest absolute Gasteiger partial charge is 0.311 e. The summed E-state index contributed by atoms with van der Waals surface area (Å²) in [4.78, 5) is 23.7. The fourth-order valence-electron chi connectivity index (χ4n) is 2.62. The number of carboxylic acid groups (broad SMARTS) is 1. The number of rotatable bonds is 6. The second-order valence-electron chi connectivity index (χ2n) is 5.57. The third-order valence-corrected chi connectivity index (χ3v) is 4.51. The number of amides is 1. The maximum absolute atomic E-state index is 12.2. The molecule has 0 radical (unpaired) electrons. The minimum absolute atomic E-state index is 0.0368. The molecule has 7 heteroatoms. The van der Waals surface area contributed by atoms with Crippen LogP contribution in [0.4, 0.5) is 0 Å². The lowest BCUT2D eigenvalue weighted by atomic mass is 9.80. The van der Waals surface area contributed by atoms with Crippen molar-refractivity contribution in [3.63, 3.8) is 0 Å². The molecular weight excluding hydrogens is 322 g/mol. The van der Waals surface area contributed by atoms with Crippen LogP contribution in [0.1, 0.15) is 18.4 Å². The standard InChI is InChI=1S/C16H20ClNO5/c1-22-13-4-2-3-12(17)11(13)9-14(19)18-10-16(15(20)21)5-7-23-8-6-16/h2-4H,5-10H2,1H3,(H,18,19)(H,20,21). The van der Waals surface area contributed by atoms with E-state index in [4.69, 9.17) is 21.1 Å². The fourth-order valence-corrected chi connectivity index (χ4v) is 2.85. The summed E-state index contributed by atoms with van der Waals surface area (Å²) in [6, 6.07) is 5.15. The summed E-state index contributed by atoms with van der Waals surface area (Å²) in [6.45, 7) is 0.859. The molecular formula is C16H20ClNO5. The zero-order chi connectivity index (χ0) is 16.9. The van der Waals surface area contributed by atoms with Crippen LogP contribution in [0, 0.1) is 5.41 Å². The van der Waals surface area contributed by atoms with Crippen molar-refractivity contribution >= 4 is 23.5 Å². The molecule has 0 aromatic heterocycles. The first-order chi connectivity index (χ1) is 11.0. The van der Waals surface area contributed by atoms with Crippen LogP contribution >= 0.6 is 11.6 Å². The minimum Gasteiger partial charge on any atom is -0.496 e. The molecule has 23 heavy (non-hydrogen) atoms. The molecule has 0 saturated carbocycles. The van der Waals surface area contributed by atoms with Crippen LogP contribution in [-0.2, 0) is 20.7 Å². The summed E-state index contributed by atoms with van der Waals surface area (Å²) < 4.78 is 10.4. The Morgan fingerprint density at radius 1 is 1.39 bits per heavy atom. The van der Waals surface area contributed by atoms with Gasteiger partial charge in [0.1, 0.15) is 5.75 Å². The molecule has 2 N–H and O–H groups in total. The number of carbonyl (C=O) groups excluding carboxylic acids is 1. The maximum atomic E-state index is 12.2. The molecule has 1 fully saturated rings. The lowest BCUT2D eigenvalue weighted by Crippen LogP contribution is -2.46. The Labute approximate surface area is 139 Å². The molecule has 1 aromatic rings. The van der Waals surface area contributed by atoms with Crippen molar-refractivity contribution in [2.24, 2.45) is 5.41 Å². The molecule has 1 aliphatic rings. The van der Waals surface area contributed by atoms with E-state index in [9.17, 15) is 14.7 Å². The van der Waals surface area contributed by atoms with Crippen LogP contribution < -0.4 is 10.1 Å². The van der Waals surface area contributed by atoms with E-state index >= 15 is 0 Å². The molecule has 0 spiro atoms. The van der Waals surface area contributed by atoms with Crippen molar-refractivity contribution < 1.29 is 24.2 Å². The summed E-state index contributed by atoms with van der Waals surface area (Å²) in [6.07, 6.45) is 0.811. The Balaban J connectivity index is 2.01. The number of benzene rings is 1. The second kappa shape index (κ2) is 7.66. The lowest BCUT2D eigenvalue weighted by molar-refractivity contribution is -0.154. The van der Waals surface area contributed by atoms with Crippen molar-refractivity contribution in [2.45, 2.75) is 19.3 Å². The van der Waals surface area contributed by atoms with Crippen LogP contribution in [0.2, 0.25) is 5.02 Å². The number of hydrogen-bond acceptors (Lipinski definition) is 4. The predicted octanol–water partition coefficient (Wildman–Crippen LogP) is 1.89. The fraction of sp³-hybridized carbons (Fsp3) is 0.500. The van der Waals surface area contributed by atoms with Gasteiger partial charge in [0.25, 0.3) is 0 Å². The number of hydrogen-bond donors (Lipinski definition) is 2. The van der Waals surface area contributed by atoms with Crippen molar-refractivity contribution in [3.05, 3.63) is 28.8 Å². The first kappa shape index (κ1) is 17.6. The van der Waals surface area contributed by atoms with Crippen molar-refractivity contribution in [1.29, 1.82) is 0 Å². The van der Waals surface area contributed by atoms with Gasteiger partial charge in [0.2, 0.25) is 5.91 Å². The summed E-state index contributed by atoms with van der Waals surface area (Å²) in [5.74, 6) is -0.661. The molecule has 1 saturated heterocycles. The predicted molar refractivity (Wildman–Crippen MR) is 84.8 cm³/mol. The zero-order valence-electron chi connectivity index (χ0n) is 12.9. The first-order valence-corrected chi connectivity index (χ1v) is 7.75. The van der Waals surface area contributed by atoms with Gasteiger partial charge in [0.05, 0.1) is 18.9 Å². The quantitative estimate of drug-likeness (QED) is 0.825. The number of nitrogens with one attached hydrogen (secondary N) is 1. The van der Waals surface area contributed by atoms with Crippen molar-refractivity contribution in [3.8, 4) is 5.75 Å². The molecule has 0 bridgehead atoms. The Kier molecular flexibility index (Phi) is 5.85. The van der Waals surface area contributed by atoms with Gasteiger partial charge < -0.3 is 19.9 Å². The Bertz CT molecular complexity index is 584. The van der Waals surface area contributed by atoms with E-state index in [-0.39, 0.29) is 18.9 Å². The van der Waals surface area contributed by atoms with Gasteiger partial charge in [-0.05, 0) is 25.0 Å². The van der Waals surface area contributed by atoms with Gasteiger partial charge in [0, 0.05) is 30.3 Å². The van der Waals surface area contributed by atoms with E-state index in [1.165, 1.54) is 7.11 Å². The zero-order valence-corrected chi connectivity index (χ0v) is 13.7. The number of aliphatic carboxylic acids is 1. The number of methoxy groups -OCH3 is 1. The maximum Gasteiger partial charge on any atom is 0.311 e. The topological polar surface area (TPSA) is 84.9 Å². The van der Waals surface area contributed by atoms with E-state index in [1.54, 1.807) is 18.2 Å². The molecule has 1 aliphatic heterocycles. The van der Waals surface area contributed by atoms with Gasteiger partial charge in [-0.3, -0.25) is 9.59 Å². The third-order valence-electron chi connectivity index (χ3n) is 4.16. The van der Waals surface area contributed by atoms with Gasteiger partial charge in [-0.2, -0.15) is 0 Å². The molecule has 0 aliphatic carbocycles. The van der Waals surface area contributed by atoms with E-state index < -0.39 is 11.4 Å². The van der Waals surface area contributed by atoms with Crippen LogP contribution in [0.5, 0.6) is 5.75 Å². The van der Waals surface area contributed by atoms with E-state index in [0.29, 0.717) is 42.4 Å². The van der Waals surface area contributed by atoms with Gasteiger partial charge in [-0.1, -0.05) is 17.7 Å². The molecule has 6 nitrogen and oxygen atoms in total. The molecule has 1 amide bonds. The SMILES string of the molecule is COc1cccc(Cl)c1CC(=O)NCC1(C(=O)O)CCOCC1. The molecule has 1 heterocycles. The number of carbonyl (C=O) groups is 2.